The second-order valence-corrected chi connectivity index (χ2v) is 9.00. The third-order valence-corrected chi connectivity index (χ3v) is 6.06. The molecule has 150 valence electrons. The molecule has 0 bridgehead atoms. The number of carbonyl (C=O) groups is 1. The van der Waals surface area contributed by atoms with E-state index in [2.05, 4.69) is 5.32 Å². The lowest BCUT2D eigenvalue weighted by molar-refractivity contribution is -0.137. The van der Waals surface area contributed by atoms with Gasteiger partial charge in [-0.05, 0) is 41.3 Å². The second kappa shape index (κ2) is 6.59. The number of sulfonamides is 1. The molecule has 0 radical (unpaired) electrons. The van der Waals surface area contributed by atoms with Gasteiger partial charge in [0.2, 0.25) is 10.0 Å². The molecule has 0 spiro atoms. The van der Waals surface area contributed by atoms with Gasteiger partial charge in [-0.1, -0.05) is 32.0 Å². The summed E-state index contributed by atoms with van der Waals surface area (Å²) in [5.74, 6) is -0.690. The van der Waals surface area contributed by atoms with Gasteiger partial charge >= 0.3 is 6.18 Å². The number of benzene rings is 2. The van der Waals surface area contributed by atoms with E-state index >= 15 is 0 Å². The molecule has 1 fully saturated rings. The third kappa shape index (κ3) is 3.90. The average molecular weight is 412 g/mol. The van der Waals surface area contributed by atoms with Crippen molar-refractivity contribution in [2.24, 2.45) is 10.6 Å². The monoisotopic (exact) mass is 412 g/mol. The predicted molar refractivity (Wildman–Crippen MR) is 97.0 cm³/mol. The van der Waals surface area contributed by atoms with Crippen LogP contribution in [0.25, 0.3) is 0 Å². The minimum absolute atomic E-state index is 0.0146. The highest BCUT2D eigenvalue weighted by atomic mass is 32.2. The first-order valence-corrected chi connectivity index (χ1v) is 9.97. The molecule has 9 heteroatoms. The Morgan fingerprint density at radius 3 is 2.25 bits per heavy atom. The van der Waals surface area contributed by atoms with Gasteiger partial charge in [0.25, 0.3) is 5.91 Å². The zero-order valence-electron chi connectivity index (χ0n) is 15.1. The Kier molecular flexibility index (Phi) is 4.79. The molecule has 1 saturated carbocycles. The van der Waals surface area contributed by atoms with Gasteiger partial charge in [-0.25, -0.2) is 13.6 Å². The molecule has 0 aliphatic heterocycles. The molecule has 3 N–H and O–H groups in total. The predicted octanol–water partition coefficient (Wildman–Crippen LogP) is 3.27. The van der Waals surface area contributed by atoms with Gasteiger partial charge in [0, 0.05) is 17.5 Å². The maximum absolute atomic E-state index is 12.8. The summed E-state index contributed by atoms with van der Waals surface area (Å²) in [6.07, 6.45) is -4.53. The smallest absolute Gasteiger partial charge is 0.348 e. The van der Waals surface area contributed by atoms with Crippen molar-refractivity contribution in [3.63, 3.8) is 0 Å². The maximum atomic E-state index is 12.8. The van der Waals surface area contributed by atoms with Crippen molar-refractivity contribution >= 4 is 15.9 Å². The van der Waals surface area contributed by atoms with E-state index < -0.39 is 27.7 Å². The van der Waals surface area contributed by atoms with Crippen molar-refractivity contribution in [2.45, 2.75) is 36.9 Å². The van der Waals surface area contributed by atoms with E-state index in [4.69, 9.17) is 5.14 Å². The Morgan fingerprint density at radius 1 is 1.11 bits per heavy atom. The lowest BCUT2D eigenvalue weighted by Crippen LogP contribution is -2.29. The van der Waals surface area contributed by atoms with Gasteiger partial charge in [-0.15, -0.1) is 0 Å². The lowest BCUT2D eigenvalue weighted by Gasteiger charge is -2.10. The van der Waals surface area contributed by atoms with Gasteiger partial charge < -0.3 is 5.32 Å². The first-order chi connectivity index (χ1) is 12.8. The zero-order valence-corrected chi connectivity index (χ0v) is 15.9. The summed E-state index contributed by atoms with van der Waals surface area (Å²) in [5.41, 5.74) is -0.474. The van der Waals surface area contributed by atoms with Crippen LogP contribution in [0.3, 0.4) is 0 Å². The minimum Gasteiger partial charge on any atom is -0.348 e. The number of nitrogens with two attached hydrogens (primary N) is 1. The molecule has 1 aliphatic carbocycles. The Labute approximate surface area is 160 Å². The van der Waals surface area contributed by atoms with Crippen LogP contribution in [-0.4, -0.2) is 20.4 Å². The number of rotatable bonds is 4. The number of alkyl halides is 3. The summed E-state index contributed by atoms with van der Waals surface area (Å²) >= 11 is 0. The summed E-state index contributed by atoms with van der Waals surface area (Å²) in [6.45, 7) is 3.84. The highest BCUT2D eigenvalue weighted by Gasteiger charge is 2.59. The first-order valence-electron chi connectivity index (χ1n) is 8.42. The van der Waals surface area contributed by atoms with Crippen molar-refractivity contribution in [2.75, 3.05) is 0 Å². The van der Waals surface area contributed by atoms with Gasteiger partial charge in [0.1, 0.15) is 0 Å². The number of halogens is 3. The van der Waals surface area contributed by atoms with Crippen molar-refractivity contribution < 1.29 is 26.4 Å². The fraction of sp³-hybridized carbons (Fsp3) is 0.316. The molecule has 3 rings (SSSR count). The normalized spacial score (nSPS) is 21.2. The van der Waals surface area contributed by atoms with Gasteiger partial charge in [-0.3, -0.25) is 4.79 Å². The Morgan fingerprint density at radius 2 is 1.71 bits per heavy atom. The summed E-state index contributed by atoms with van der Waals surface area (Å²) in [7, 11) is -3.80. The summed E-state index contributed by atoms with van der Waals surface area (Å²) in [6, 6.07) is 10.00. The molecule has 2 atom stereocenters. The van der Waals surface area contributed by atoms with Crippen molar-refractivity contribution in [3.8, 4) is 0 Å². The van der Waals surface area contributed by atoms with E-state index in [9.17, 15) is 26.4 Å². The molecular weight excluding hydrogens is 393 g/mol. The molecule has 1 amide bonds. The SMILES string of the molecule is CC1(C)[C@@H](NC(=O)c2cccc(C(F)(F)F)c2)[C@@H]1c1ccc(S(N)(=O)=O)cc1. The second-order valence-electron chi connectivity index (χ2n) is 7.44. The molecule has 0 unspecified atom stereocenters. The quantitative estimate of drug-likeness (QED) is 0.808. The molecular formula is C19H19F3N2O3S. The first kappa shape index (κ1) is 20.3. The number of primary sulfonamides is 1. The molecule has 0 aromatic heterocycles. The van der Waals surface area contributed by atoms with E-state index in [1.807, 2.05) is 13.8 Å². The number of hydrogen-bond acceptors (Lipinski definition) is 3. The lowest BCUT2D eigenvalue weighted by atomic mass is 10.0. The van der Waals surface area contributed by atoms with Gasteiger partial charge in [0.15, 0.2) is 0 Å². The van der Waals surface area contributed by atoms with Crippen LogP contribution < -0.4 is 10.5 Å². The average Bonchev–Trinajstić information content (AvgIpc) is 3.13. The topological polar surface area (TPSA) is 89.3 Å². The summed E-state index contributed by atoms with van der Waals surface area (Å²) < 4.78 is 61.3. The largest absolute Gasteiger partial charge is 0.416 e. The summed E-state index contributed by atoms with van der Waals surface area (Å²) in [5, 5.41) is 7.87. The van der Waals surface area contributed by atoms with Crippen molar-refractivity contribution in [1.29, 1.82) is 0 Å². The van der Waals surface area contributed by atoms with E-state index in [-0.39, 0.29) is 27.8 Å². The number of amides is 1. The molecule has 0 heterocycles. The van der Waals surface area contributed by atoms with Gasteiger partial charge in [-0.2, -0.15) is 13.2 Å². The Balaban J connectivity index is 1.77. The van der Waals surface area contributed by atoms with Crippen LogP contribution in [0.5, 0.6) is 0 Å². The molecule has 0 saturated heterocycles. The molecule has 2 aromatic carbocycles. The number of hydrogen-bond donors (Lipinski definition) is 2. The van der Waals surface area contributed by atoms with Crippen molar-refractivity contribution in [3.05, 3.63) is 65.2 Å². The van der Waals surface area contributed by atoms with Crippen LogP contribution in [0.2, 0.25) is 0 Å². The van der Waals surface area contributed by atoms with E-state index in [1.54, 1.807) is 12.1 Å². The fourth-order valence-corrected chi connectivity index (χ4v) is 3.97. The van der Waals surface area contributed by atoms with Crippen LogP contribution in [-0.2, 0) is 16.2 Å². The van der Waals surface area contributed by atoms with E-state index in [0.29, 0.717) is 0 Å². The van der Waals surface area contributed by atoms with Crippen LogP contribution in [0, 0.1) is 5.41 Å². The van der Waals surface area contributed by atoms with E-state index in [0.717, 1.165) is 17.7 Å². The van der Waals surface area contributed by atoms with Crippen molar-refractivity contribution in [1.82, 2.24) is 5.32 Å². The summed E-state index contributed by atoms with van der Waals surface area (Å²) in [4.78, 5) is 12.4. The zero-order chi connectivity index (χ0) is 20.9. The standard InChI is InChI=1S/C19H19F3N2O3S/c1-18(2)15(11-6-8-14(9-7-11)28(23,26)27)16(18)24-17(25)12-4-3-5-13(10-12)19(20,21)22/h3-10,15-16H,1-2H3,(H,24,25)(H2,23,26,27)/t15-,16-/m0/s1. The molecule has 5 nitrogen and oxygen atoms in total. The Hall–Kier alpha value is -2.39. The van der Waals surface area contributed by atoms with Crippen LogP contribution >= 0.6 is 0 Å². The third-order valence-electron chi connectivity index (χ3n) is 5.13. The Bertz CT molecular complexity index is 1020. The maximum Gasteiger partial charge on any atom is 0.416 e. The molecule has 1 aliphatic rings. The number of carbonyl (C=O) groups excluding carboxylic acids is 1. The van der Waals surface area contributed by atoms with E-state index in [1.165, 1.54) is 24.3 Å². The van der Waals surface area contributed by atoms with Gasteiger partial charge in [0.05, 0.1) is 10.5 Å². The van der Waals surface area contributed by atoms with Crippen LogP contribution in [0.1, 0.15) is 41.3 Å². The number of nitrogens with one attached hydrogen (secondary N) is 1. The molecule has 2 aromatic rings. The molecule has 28 heavy (non-hydrogen) atoms. The van der Waals surface area contributed by atoms with Crippen LogP contribution in [0.4, 0.5) is 13.2 Å². The minimum atomic E-state index is -4.53. The highest BCUT2D eigenvalue weighted by molar-refractivity contribution is 7.89. The highest BCUT2D eigenvalue weighted by Crippen LogP contribution is 2.58. The van der Waals surface area contributed by atoms with Crippen LogP contribution in [0.15, 0.2) is 53.4 Å². The fourth-order valence-electron chi connectivity index (χ4n) is 3.46.